The van der Waals surface area contributed by atoms with Crippen molar-refractivity contribution in [1.82, 2.24) is 0 Å². The molecule has 1 amide bonds. The minimum atomic E-state index is -4.58. The summed E-state index contributed by atoms with van der Waals surface area (Å²) in [5.74, 6) is -3.83. The van der Waals surface area contributed by atoms with Gasteiger partial charge < -0.3 is 4.90 Å². The van der Waals surface area contributed by atoms with E-state index in [1.54, 1.807) is 42.5 Å². The molecule has 0 saturated heterocycles. The van der Waals surface area contributed by atoms with Crippen molar-refractivity contribution in [3.05, 3.63) is 65.2 Å². The van der Waals surface area contributed by atoms with Gasteiger partial charge in [-0.25, -0.2) is 0 Å². The summed E-state index contributed by atoms with van der Waals surface area (Å²) >= 11 is 0. The first-order valence-electron chi connectivity index (χ1n) is 8.03. The van der Waals surface area contributed by atoms with Crippen LogP contribution in [0.1, 0.15) is 29.0 Å². The molecule has 0 spiro atoms. The summed E-state index contributed by atoms with van der Waals surface area (Å²) in [5.41, 5.74) is 2.81. The van der Waals surface area contributed by atoms with E-state index in [4.69, 9.17) is 0 Å². The number of hydrogen-bond acceptors (Lipinski definition) is 1. The Kier molecular flexibility index (Phi) is 3.41. The SMILES string of the molecule is O=C1[C@H](C(F)(F)F)[C@@H](c2ccccc2)c2cccc3c2N1CCC3. The number of anilines is 1. The van der Waals surface area contributed by atoms with Crippen LogP contribution in [0.15, 0.2) is 48.5 Å². The van der Waals surface area contributed by atoms with E-state index in [1.165, 1.54) is 4.90 Å². The molecule has 5 heteroatoms. The van der Waals surface area contributed by atoms with Gasteiger partial charge in [-0.1, -0.05) is 48.5 Å². The standard InChI is InChI=1S/C19H16F3NO/c20-19(21,22)16-15(12-6-2-1-3-7-12)14-10-4-8-13-9-5-11-23(17(13)14)18(16)24/h1-4,6-8,10,15-16H,5,9,11H2/t15-,16+/m0/s1. The minimum absolute atomic E-state index is 0.358. The number of rotatable bonds is 1. The third-order valence-corrected chi connectivity index (χ3v) is 4.96. The quantitative estimate of drug-likeness (QED) is 0.763. The van der Waals surface area contributed by atoms with Crippen LogP contribution in [-0.2, 0) is 11.2 Å². The second-order valence-corrected chi connectivity index (χ2v) is 6.36. The number of amides is 1. The van der Waals surface area contributed by atoms with Crippen LogP contribution in [0, 0.1) is 5.92 Å². The minimum Gasteiger partial charge on any atom is -0.311 e. The Hall–Kier alpha value is -2.30. The van der Waals surface area contributed by atoms with Gasteiger partial charge in [0.1, 0.15) is 5.92 Å². The first-order chi connectivity index (χ1) is 11.5. The summed E-state index contributed by atoms with van der Waals surface area (Å²) in [4.78, 5) is 14.1. The Morgan fingerprint density at radius 1 is 1.00 bits per heavy atom. The summed E-state index contributed by atoms with van der Waals surface area (Å²) < 4.78 is 41.4. The molecule has 2 aromatic rings. The second-order valence-electron chi connectivity index (χ2n) is 6.36. The van der Waals surface area contributed by atoms with Crippen LogP contribution in [0.3, 0.4) is 0 Å². The van der Waals surface area contributed by atoms with E-state index in [9.17, 15) is 18.0 Å². The smallest absolute Gasteiger partial charge is 0.311 e. The zero-order chi connectivity index (χ0) is 16.9. The maximum atomic E-state index is 13.8. The van der Waals surface area contributed by atoms with Crippen LogP contribution in [0.25, 0.3) is 0 Å². The molecular weight excluding hydrogens is 315 g/mol. The number of aryl methyl sites for hydroxylation is 1. The van der Waals surface area contributed by atoms with E-state index in [0.29, 0.717) is 29.8 Å². The first-order valence-corrected chi connectivity index (χ1v) is 8.03. The van der Waals surface area contributed by atoms with Gasteiger partial charge >= 0.3 is 6.18 Å². The number of hydrogen-bond donors (Lipinski definition) is 0. The summed E-state index contributed by atoms with van der Waals surface area (Å²) in [5, 5.41) is 0. The topological polar surface area (TPSA) is 20.3 Å². The number of carbonyl (C=O) groups is 1. The Morgan fingerprint density at radius 3 is 2.46 bits per heavy atom. The number of alkyl halides is 3. The van der Waals surface area contributed by atoms with Crippen molar-refractivity contribution in [3.8, 4) is 0 Å². The molecule has 0 unspecified atom stereocenters. The molecule has 4 rings (SSSR count). The van der Waals surface area contributed by atoms with Crippen molar-refractivity contribution < 1.29 is 18.0 Å². The second kappa shape index (κ2) is 5.36. The average molecular weight is 331 g/mol. The summed E-state index contributed by atoms with van der Waals surface area (Å²) in [6.07, 6.45) is -3.09. The van der Waals surface area contributed by atoms with Gasteiger partial charge in [0.15, 0.2) is 0 Å². The van der Waals surface area contributed by atoms with Gasteiger partial charge in [-0.05, 0) is 29.5 Å². The fraction of sp³-hybridized carbons (Fsp3) is 0.316. The highest BCUT2D eigenvalue weighted by molar-refractivity contribution is 6.01. The molecule has 0 bridgehead atoms. The van der Waals surface area contributed by atoms with Crippen LogP contribution >= 0.6 is 0 Å². The predicted molar refractivity (Wildman–Crippen MR) is 84.9 cm³/mol. The highest BCUT2D eigenvalue weighted by Gasteiger charge is 2.55. The molecule has 0 saturated carbocycles. The third-order valence-electron chi connectivity index (χ3n) is 4.96. The van der Waals surface area contributed by atoms with E-state index in [0.717, 1.165) is 12.0 Å². The molecule has 2 atom stereocenters. The molecule has 2 aliphatic rings. The number of para-hydroxylation sites is 1. The predicted octanol–water partition coefficient (Wildman–Crippen LogP) is 4.29. The molecule has 0 aliphatic carbocycles. The lowest BCUT2D eigenvalue weighted by atomic mass is 9.74. The number of nitrogens with zero attached hydrogens (tertiary/aromatic N) is 1. The van der Waals surface area contributed by atoms with Crippen molar-refractivity contribution in [2.24, 2.45) is 5.92 Å². The largest absolute Gasteiger partial charge is 0.401 e. The average Bonchev–Trinajstić information content (AvgIpc) is 2.57. The molecule has 2 heterocycles. The lowest BCUT2D eigenvalue weighted by Gasteiger charge is -2.43. The highest BCUT2D eigenvalue weighted by Crippen LogP contribution is 2.51. The van der Waals surface area contributed by atoms with E-state index < -0.39 is 23.9 Å². The molecule has 0 fully saturated rings. The zero-order valence-corrected chi connectivity index (χ0v) is 12.9. The van der Waals surface area contributed by atoms with Crippen molar-refractivity contribution in [2.75, 3.05) is 11.4 Å². The fourth-order valence-electron chi connectivity index (χ4n) is 4.00. The number of carbonyl (C=O) groups excluding carboxylic acids is 1. The lowest BCUT2D eigenvalue weighted by Crippen LogP contribution is -2.51. The molecule has 24 heavy (non-hydrogen) atoms. The Labute approximate surface area is 137 Å². The van der Waals surface area contributed by atoms with Crippen LogP contribution in [0.4, 0.5) is 18.9 Å². The van der Waals surface area contributed by atoms with Gasteiger partial charge in [0.2, 0.25) is 5.91 Å². The molecule has 2 aliphatic heterocycles. The Bertz CT molecular complexity index is 785. The van der Waals surface area contributed by atoms with Gasteiger partial charge in [0.25, 0.3) is 0 Å². The molecule has 0 aromatic heterocycles. The summed E-state index contributed by atoms with van der Waals surface area (Å²) in [7, 11) is 0. The zero-order valence-electron chi connectivity index (χ0n) is 12.9. The Balaban J connectivity index is 1.98. The normalized spacial score (nSPS) is 23.1. The van der Waals surface area contributed by atoms with Crippen LogP contribution < -0.4 is 4.90 Å². The summed E-state index contributed by atoms with van der Waals surface area (Å²) in [6.45, 7) is 0.358. The van der Waals surface area contributed by atoms with Gasteiger partial charge in [-0.15, -0.1) is 0 Å². The van der Waals surface area contributed by atoms with Crippen LogP contribution in [0.2, 0.25) is 0 Å². The molecular formula is C19H16F3NO. The van der Waals surface area contributed by atoms with Gasteiger partial charge in [-0.2, -0.15) is 13.2 Å². The van der Waals surface area contributed by atoms with Crippen molar-refractivity contribution in [3.63, 3.8) is 0 Å². The molecule has 2 aromatic carbocycles. The highest BCUT2D eigenvalue weighted by atomic mass is 19.4. The van der Waals surface area contributed by atoms with Gasteiger partial charge in [-0.3, -0.25) is 4.79 Å². The fourth-order valence-corrected chi connectivity index (χ4v) is 4.00. The van der Waals surface area contributed by atoms with Crippen molar-refractivity contribution in [1.29, 1.82) is 0 Å². The number of halogens is 3. The van der Waals surface area contributed by atoms with Gasteiger partial charge in [0.05, 0.1) is 5.69 Å². The lowest BCUT2D eigenvalue weighted by molar-refractivity contribution is -0.184. The van der Waals surface area contributed by atoms with Crippen LogP contribution in [-0.4, -0.2) is 18.6 Å². The Morgan fingerprint density at radius 2 is 1.75 bits per heavy atom. The maximum Gasteiger partial charge on any atom is 0.401 e. The molecule has 0 radical (unpaired) electrons. The molecule has 2 nitrogen and oxygen atoms in total. The summed E-state index contributed by atoms with van der Waals surface area (Å²) in [6, 6.07) is 14.0. The third kappa shape index (κ3) is 2.22. The molecule has 124 valence electrons. The molecule has 0 N–H and O–H groups in total. The first kappa shape index (κ1) is 15.2. The van der Waals surface area contributed by atoms with Crippen molar-refractivity contribution in [2.45, 2.75) is 24.9 Å². The van der Waals surface area contributed by atoms with Gasteiger partial charge in [0, 0.05) is 12.5 Å². The van der Waals surface area contributed by atoms with E-state index in [2.05, 4.69) is 0 Å². The van der Waals surface area contributed by atoms with Crippen molar-refractivity contribution >= 4 is 11.6 Å². The van der Waals surface area contributed by atoms with E-state index >= 15 is 0 Å². The maximum absolute atomic E-state index is 13.8. The monoisotopic (exact) mass is 331 g/mol. The van der Waals surface area contributed by atoms with E-state index in [-0.39, 0.29) is 0 Å². The van der Waals surface area contributed by atoms with E-state index in [1.807, 2.05) is 6.07 Å². The van der Waals surface area contributed by atoms with Crippen LogP contribution in [0.5, 0.6) is 0 Å². The number of benzene rings is 2.